The highest BCUT2D eigenvalue weighted by molar-refractivity contribution is 8.26. The van der Waals surface area contributed by atoms with Gasteiger partial charge in [0.05, 0.1) is 23.1 Å². The summed E-state index contributed by atoms with van der Waals surface area (Å²) in [6, 6.07) is 14.9. The van der Waals surface area contributed by atoms with E-state index in [9.17, 15) is 14.7 Å². The molecule has 1 aromatic carbocycles. The second-order valence-corrected chi connectivity index (χ2v) is 9.28. The average Bonchev–Trinajstić information content (AvgIpc) is 3.11. The van der Waals surface area contributed by atoms with Crippen LogP contribution in [0.2, 0.25) is 0 Å². The minimum Gasteiger partial charge on any atom is -0.394 e. The first-order valence-electron chi connectivity index (χ1n) is 10.7. The molecule has 0 unspecified atom stereocenters. The molecule has 4 rings (SSSR count). The molecular weight excluding hydrogens is 456 g/mol. The Labute approximate surface area is 201 Å². The predicted molar refractivity (Wildman–Crippen MR) is 136 cm³/mol. The molecule has 1 fully saturated rings. The van der Waals surface area contributed by atoms with Crippen LogP contribution in [0.5, 0.6) is 0 Å². The average molecular weight is 481 g/mol. The molecule has 0 saturated carbocycles. The van der Waals surface area contributed by atoms with Gasteiger partial charge in [0, 0.05) is 12.7 Å². The number of thiocarbonyl (C=S) groups is 1. The van der Waals surface area contributed by atoms with E-state index in [1.54, 1.807) is 35.4 Å². The third kappa shape index (κ3) is 5.00. The summed E-state index contributed by atoms with van der Waals surface area (Å²) in [6.45, 7) is 2.29. The maximum Gasteiger partial charge on any atom is 0.267 e. The van der Waals surface area contributed by atoms with Gasteiger partial charge in [-0.3, -0.25) is 18.9 Å². The molecule has 7 nitrogen and oxygen atoms in total. The summed E-state index contributed by atoms with van der Waals surface area (Å²) in [7, 11) is 0. The van der Waals surface area contributed by atoms with Gasteiger partial charge >= 0.3 is 0 Å². The van der Waals surface area contributed by atoms with Crippen molar-refractivity contribution in [3.8, 4) is 0 Å². The lowest BCUT2D eigenvalue weighted by Gasteiger charge is -2.17. The van der Waals surface area contributed by atoms with Crippen molar-refractivity contribution in [2.24, 2.45) is 0 Å². The maximum absolute atomic E-state index is 13.3. The third-order valence-electron chi connectivity index (χ3n) is 5.44. The number of aliphatic hydroxyl groups is 1. The predicted octanol–water partition coefficient (Wildman–Crippen LogP) is 3.32. The van der Waals surface area contributed by atoms with E-state index in [2.05, 4.69) is 10.3 Å². The maximum atomic E-state index is 13.3. The molecule has 0 radical (unpaired) electrons. The number of aliphatic hydroxyl groups excluding tert-OH is 1. The number of aromatic nitrogens is 2. The Balaban J connectivity index is 1.68. The molecule has 1 saturated heterocycles. The van der Waals surface area contributed by atoms with Crippen LogP contribution in [0.25, 0.3) is 11.7 Å². The Hall–Kier alpha value is -3.01. The first kappa shape index (κ1) is 23.2. The van der Waals surface area contributed by atoms with Crippen molar-refractivity contribution in [3.63, 3.8) is 0 Å². The first-order chi connectivity index (χ1) is 16.0. The summed E-state index contributed by atoms with van der Waals surface area (Å²) in [5.74, 6) is 0.111. The van der Waals surface area contributed by atoms with Crippen LogP contribution < -0.4 is 10.9 Å². The molecule has 33 heavy (non-hydrogen) atoms. The molecule has 9 heteroatoms. The Morgan fingerprint density at radius 3 is 2.67 bits per heavy atom. The van der Waals surface area contributed by atoms with Gasteiger partial charge in [-0.2, -0.15) is 0 Å². The molecule has 1 aliphatic rings. The number of rotatable bonds is 8. The Morgan fingerprint density at radius 2 is 1.94 bits per heavy atom. The number of hydrogen-bond donors (Lipinski definition) is 2. The lowest BCUT2D eigenvalue weighted by atomic mass is 10.1. The van der Waals surface area contributed by atoms with Gasteiger partial charge in [-0.15, -0.1) is 0 Å². The van der Waals surface area contributed by atoms with Crippen LogP contribution in [0.4, 0.5) is 5.82 Å². The summed E-state index contributed by atoms with van der Waals surface area (Å²) < 4.78 is 1.90. The van der Waals surface area contributed by atoms with Gasteiger partial charge in [0.2, 0.25) is 0 Å². The molecule has 1 atom stereocenters. The third-order valence-corrected chi connectivity index (χ3v) is 6.82. The molecule has 0 aliphatic carbocycles. The van der Waals surface area contributed by atoms with Gasteiger partial charge in [0.1, 0.15) is 15.8 Å². The van der Waals surface area contributed by atoms with E-state index in [4.69, 9.17) is 12.2 Å². The van der Waals surface area contributed by atoms with Crippen LogP contribution in [-0.4, -0.2) is 48.8 Å². The van der Waals surface area contributed by atoms with Crippen LogP contribution >= 0.6 is 24.0 Å². The number of hydrogen-bond acceptors (Lipinski definition) is 7. The highest BCUT2D eigenvalue weighted by atomic mass is 32.2. The molecule has 2 aromatic heterocycles. The number of fused-ring (bicyclic) bond motifs is 1. The van der Waals surface area contributed by atoms with Crippen LogP contribution in [0.3, 0.4) is 0 Å². The summed E-state index contributed by atoms with van der Waals surface area (Å²) in [5, 5.41) is 12.8. The Kier molecular flexibility index (Phi) is 7.22. The fraction of sp³-hybridized carbons (Fsp3) is 0.250. The van der Waals surface area contributed by atoms with Crippen molar-refractivity contribution in [2.75, 3.05) is 18.5 Å². The number of carbonyl (C=O) groups is 1. The van der Waals surface area contributed by atoms with Crippen molar-refractivity contribution in [1.82, 2.24) is 14.3 Å². The minimum atomic E-state index is -0.301. The summed E-state index contributed by atoms with van der Waals surface area (Å²) in [5.41, 5.74) is 1.55. The minimum absolute atomic E-state index is 0.104. The van der Waals surface area contributed by atoms with Crippen molar-refractivity contribution < 1.29 is 9.90 Å². The number of pyridine rings is 1. The largest absolute Gasteiger partial charge is 0.394 e. The molecule has 0 spiro atoms. The first-order valence-corrected chi connectivity index (χ1v) is 11.9. The number of anilines is 1. The highest BCUT2D eigenvalue weighted by Crippen LogP contribution is 2.33. The topological polar surface area (TPSA) is 86.9 Å². The number of amides is 1. The molecule has 1 amide bonds. The fourth-order valence-electron chi connectivity index (χ4n) is 3.52. The second kappa shape index (κ2) is 10.3. The quantitative estimate of drug-likeness (QED) is 0.378. The number of carbonyl (C=O) groups excluding carboxylic acids is 1. The Morgan fingerprint density at radius 1 is 1.18 bits per heavy atom. The second-order valence-electron chi connectivity index (χ2n) is 7.61. The van der Waals surface area contributed by atoms with E-state index in [-0.39, 0.29) is 29.7 Å². The van der Waals surface area contributed by atoms with E-state index < -0.39 is 0 Å². The van der Waals surface area contributed by atoms with Crippen LogP contribution in [0.1, 0.15) is 24.5 Å². The van der Waals surface area contributed by atoms with Crippen LogP contribution in [0.15, 0.2) is 64.4 Å². The molecule has 3 aromatic rings. The zero-order valence-corrected chi connectivity index (χ0v) is 19.7. The van der Waals surface area contributed by atoms with Gasteiger partial charge in [-0.1, -0.05) is 67.3 Å². The van der Waals surface area contributed by atoms with E-state index in [1.807, 2.05) is 37.3 Å². The fourth-order valence-corrected chi connectivity index (χ4v) is 4.81. The van der Waals surface area contributed by atoms with E-state index in [0.717, 1.165) is 5.56 Å². The summed E-state index contributed by atoms with van der Waals surface area (Å²) >= 11 is 6.64. The lowest BCUT2D eigenvalue weighted by molar-refractivity contribution is -0.122. The van der Waals surface area contributed by atoms with Crippen LogP contribution in [0, 0.1) is 0 Å². The van der Waals surface area contributed by atoms with E-state index in [1.165, 1.54) is 16.2 Å². The summed E-state index contributed by atoms with van der Waals surface area (Å²) in [4.78, 5) is 32.9. The zero-order valence-electron chi connectivity index (χ0n) is 18.1. The molecular formula is C24H24N4O3S2. The molecule has 1 aliphatic heterocycles. The number of thioether (sulfide) groups is 1. The highest BCUT2D eigenvalue weighted by Gasteiger charge is 2.32. The Bertz CT molecular complexity index is 1270. The molecule has 3 heterocycles. The SMILES string of the molecule is CC[C@H](CO)Nc1nc2ccccn2c(=O)c1/C=C1\SC(=S)N(CCc2ccccc2)C1=O. The van der Waals surface area contributed by atoms with Gasteiger partial charge in [0.15, 0.2) is 0 Å². The van der Waals surface area contributed by atoms with Crippen molar-refractivity contribution in [2.45, 2.75) is 25.8 Å². The van der Waals surface area contributed by atoms with Gasteiger partial charge in [-0.25, -0.2) is 4.98 Å². The van der Waals surface area contributed by atoms with Crippen molar-refractivity contribution in [1.29, 1.82) is 0 Å². The monoisotopic (exact) mass is 480 g/mol. The van der Waals surface area contributed by atoms with Gasteiger partial charge < -0.3 is 10.4 Å². The molecule has 170 valence electrons. The standard InChI is InChI=1S/C24H24N4O3S2/c1-2-17(15-29)25-21-18(22(30)27-12-7-6-10-20(27)26-21)14-19-23(31)28(24(32)33-19)13-11-16-8-4-3-5-9-16/h3-10,12,14,17,25,29H,2,11,13,15H2,1H3/b19-14-/t17-/m1/s1. The number of nitrogens with zero attached hydrogens (tertiary/aromatic N) is 3. The zero-order chi connectivity index (χ0) is 23.4. The van der Waals surface area contributed by atoms with Gasteiger partial charge in [-0.05, 0) is 36.6 Å². The van der Waals surface area contributed by atoms with Crippen LogP contribution in [-0.2, 0) is 11.2 Å². The summed E-state index contributed by atoms with van der Waals surface area (Å²) in [6.07, 6.45) is 4.53. The number of benzene rings is 1. The normalized spacial score (nSPS) is 16.1. The van der Waals surface area contributed by atoms with Crippen molar-refractivity contribution >= 4 is 51.7 Å². The smallest absolute Gasteiger partial charge is 0.267 e. The lowest BCUT2D eigenvalue weighted by Crippen LogP contribution is -2.30. The molecule has 0 bridgehead atoms. The van der Waals surface area contributed by atoms with Gasteiger partial charge in [0.25, 0.3) is 11.5 Å². The van der Waals surface area contributed by atoms with E-state index >= 15 is 0 Å². The molecule has 2 N–H and O–H groups in total. The van der Waals surface area contributed by atoms with E-state index in [0.29, 0.717) is 40.1 Å². The number of nitrogens with one attached hydrogen (secondary N) is 1. The van der Waals surface area contributed by atoms with Crippen molar-refractivity contribution in [3.05, 3.63) is 81.1 Å².